The summed E-state index contributed by atoms with van der Waals surface area (Å²) < 4.78 is 5.11. The predicted octanol–water partition coefficient (Wildman–Crippen LogP) is 3.01. The molecule has 8 nitrogen and oxygen atoms in total. The average Bonchev–Trinajstić information content (AvgIpc) is 2.66. The molecule has 27 heavy (non-hydrogen) atoms. The third kappa shape index (κ3) is 4.97. The van der Waals surface area contributed by atoms with Crippen LogP contribution in [0.3, 0.4) is 0 Å². The maximum Gasteiger partial charge on any atom is 0.303 e. The highest BCUT2D eigenvalue weighted by molar-refractivity contribution is 5.68. The molecule has 8 heteroatoms. The van der Waals surface area contributed by atoms with Crippen molar-refractivity contribution in [1.29, 1.82) is 0 Å². The summed E-state index contributed by atoms with van der Waals surface area (Å²) >= 11 is 0. The summed E-state index contributed by atoms with van der Waals surface area (Å²) in [7, 11) is 1.55. The molecule has 0 unspecified atom stereocenters. The maximum absolute atomic E-state index is 10.7. The lowest BCUT2D eigenvalue weighted by atomic mass is 10.1. The van der Waals surface area contributed by atoms with Crippen molar-refractivity contribution in [3.63, 3.8) is 0 Å². The van der Waals surface area contributed by atoms with E-state index in [9.17, 15) is 4.79 Å². The van der Waals surface area contributed by atoms with Crippen LogP contribution in [0.5, 0.6) is 5.88 Å². The number of carboxylic acids is 1. The normalized spacial score (nSPS) is 10.4. The number of aryl methyl sites for hydroxylation is 2. The van der Waals surface area contributed by atoms with E-state index in [0.717, 1.165) is 16.8 Å². The van der Waals surface area contributed by atoms with Gasteiger partial charge in [0, 0.05) is 36.1 Å². The van der Waals surface area contributed by atoms with Crippen molar-refractivity contribution < 1.29 is 14.6 Å². The van der Waals surface area contributed by atoms with Crippen molar-refractivity contribution in [2.75, 3.05) is 12.4 Å². The number of aromatic nitrogens is 4. The molecule has 3 aromatic rings. The highest BCUT2D eigenvalue weighted by atomic mass is 16.5. The number of benzene rings is 1. The van der Waals surface area contributed by atoms with Gasteiger partial charge in [0.15, 0.2) is 0 Å². The lowest BCUT2D eigenvalue weighted by Crippen LogP contribution is -2.01. The van der Waals surface area contributed by atoms with Crippen molar-refractivity contribution >= 4 is 17.6 Å². The molecular formula is C19H19N5O3. The largest absolute Gasteiger partial charge is 0.481 e. The second-order valence-electron chi connectivity index (χ2n) is 5.92. The Morgan fingerprint density at radius 2 is 2.04 bits per heavy atom. The van der Waals surface area contributed by atoms with E-state index in [0.29, 0.717) is 29.6 Å². The van der Waals surface area contributed by atoms with Gasteiger partial charge in [0.05, 0.1) is 31.1 Å². The van der Waals surface area contributed by atoms with Crippen molar-refractivity contribution in [2.24, 2.45) is 0 Å². The molecule has 1 aromatic carbocycles. The Bertz CT molecular complexity index is 944. The van der Waals surface area contributed by atoms with Gasteiger partial charge in [0.25, 0.3) is 0 Å². The minimum atomic E-state index is -0.852. The maximum atomic E-state index is 10.7. The zero-order valence-corrected chi connectivity index (χ0v) is 15.0. The molecule has 0 aliphatic heterocycles. The van der Waals surface area contributed by atoms with Crippen molar-refractivity contribution in [3.8, 4) is 17.1 Å². The Hall–Kier alpha value is -3.55. The number of ether oxygens (including phenoxy) is 1. The molecule has 0 amide bonds. The Morgan fingerprint density at radius 3 is 2.74 bits per heavy atom. The molecular weight excluding hydrogens is 346 g/mol. The molecule has 0 aliphatic rings. The molecule has 0 bridgehead atoms. The molecule has 0 saturated carbocycles. The van der Waals surface area contributed by atoms with E-state index in [2.05, 4.69) is 25.3 Å². The van der Waals surface area contributed by atoms with Crippen LogP contribution in [0.15, 0.2) is 42.9 Å². The van der Waals surface area contributed by atoms with Gasteiger partial charge in [-0.3, -0.25) is 14.8 Å². The molecule has 0 spiro atoms. The molecule has 0 fully saturated rings. The van der Waals surface area contributed by atoms with E-state index < -0.39 is 5.97 Å². The fraction of sp³-hybridized carbons (Fsp3) is 0.211. The van der Waals surface area contributed by atoms with E-state index in [1.165, 1.54) is 0 Å². The van der Waals surface area contributed by atoms with Crippen LogP contribution in [0.25, 0.3) is 11.3 Å². The number of hydrogen-bond acceptors (Lipinski definition) is 7. The summed E-state index contributed by atoms with van der Waals surface area (Å²) in [4.78, 5) is 27.8. The van der Waals surface area contributed by atoms with Gasteiger partial charge in [-0.2, -0.15) is 4.98 Å². The topological polar surface area (TPSA) is 110 Å². The van der Waals surface area contributed by atoms with Gasteiger partial charge in [-0.1, -0.05) is 0 Å². The zero-order chi connectivity index (χ0) is 19.2. The van der Waals surface area contributed by atoms with E-state index in [1.807, 2.05) is 25.1 Å². The van der Waals surface area contributed by atoms with Gasteiger partial charge in [0.1, 0.15) is 0 Å². The fourth-order valence-electron chi connectivity index (χ4n) is 2.52. The molecule has 2 N–H and O–H groups in total. The van der Waals surface area contributed by atoms with Gasteiger partial charge in [-0.15, -0.1) is 0 Å². The summed E-state index contributed by atoms with van der Waals surface area (Å²) in [5.41, 5.74) is 4.09. The number of rotatable bonds is 7. The summed E-state index contributed by atoms with van der Waals surface area (Å²) in [5, 5.41) is 11.9. The fourth-order valence-corrected chi connectivity index (χ4v) is 2.52. The van der Waals surface area contributed by atoms with Gasteiger partial charge >= 0.3 is 5.97 Å². The first kappa shape index (κ1) is 18.2. The van der Waals surface area contributed by atoms with Gasteiger partial charge in [-0.25, -0.2) is 4.98 Å². The van der Waals surface area contributed by atoms with Crippen LogP contribution >= 0.6 is 0 Å². The van der Waals surface area contributed by atoms with Crippen LogP contribution in [-0.4, -0.2) is 38.1 Å². The van der Waals surface area contributed by atoms with Gasteiger partial charge in [0.2, 0.25) is 11.8 Å². The van der Waals surface area contributed by atoms with E-state index in [1.54, 1.807) is 31.8 Å². The minimum Gasteiger partial charge on any atom is -0.481 e. The summed E-state index contributed by atoms with van der Waals surface area (Å²) in [6.07, 6.45) is 5.27. The van der Waals surface area contributed by atoms with Crippen molar-refractivity contribution in [2.45, 2.75) is 19.8 Å². The minimum absolute atomic E-state index is 0.0348. The van der Waals surface area contributed by atoms with Crippen LogP contribution in [0.2, 0.25) is 0 Å². The number of carboxylic acid groups (broad SMARTS) is 1. The first-order valence-corrected chi connectivity index (χ1v) is 8.32. The number of methoxy groups -OCH3 is 1. The third-order valence-electron chi connectivity index (χ3n) is 3.77. The van der Waals surface area contributed by atoms with Crippen LogP contribution in [-0.2, 0) is 11.2 Å². The second kappa shape index (κ2) is 8.22. The smallest absolute Gasteiger partial charge is 0.303 e. The summed E-state index contributed by atoms with van der Waals surface area (Å²) in [6.45, 7) is 1.98. The van der Waals surface area contributed by atoms with Gasteiger partial charge < -0.3 is 15.2 Å². The van der Waals surface area contributed by atoms with Crippen LogP contribution in [0, 0.1) is 6.92 Å². The summed E-state index contributed by atoms with van der Waals surface area (Å²) in [6, 6.07) is 7.57. The first-order chi connectivity index (χ1) is 13.0. The number of hydrogen-bond donors (Lipinski definition) is 2. The van der Waals surface area contributed by atoms with Crippen LogP contribution in [0.1, 0.15) is 17.7 Å². The van der Waals surface area contributed by atoms with E-state index >= 15 is 0 Å². The molecule has 0 atom stereocenters. The monoisotopic (exact) mass is 365 g/mol. The van der Waals surface area contributed by atoms with Crippen LogP contribution < -0.4 is 10.1 Å². The average molecular weight is 365 g/mol. The highest BCUT2D eigenvalue weighted by Gasteiger charge is 2.07. The molecule has 0 radical (unpaired) electrons. The van der Waals surface area contributed by atoms with E-state index in [-0.39, 0.29) is 6.42 Å². The second-order valence-corrected chi connectivity index (χ2v) is 5.92. The number of nitrogens with one attached hydrogen (secondary N) is 1. The Balaban J connectivity index is 1.81. The molecule has 138 valence electrons. The van der Waals surface area contributed by atoms with Crippen molar-refractivity contribution in [3.05, 3.63) is 54.1 Å². The Morgan fingerprint density at radius 1 is 1.19 bits per heavy atom. The summed E-state index contributed by atoms with van der Waals surface area (Å²) in [5.74, 6) is 0.0548. The SMILES string of the molecule is COc1ccnc(Nc2cc(C)cc(-c3cnc(CCC(=O)O)cn3)c2)n1. The number of carbonyl (C=O) groups is 1. The first-order valence-electron chi connectivity index (χ1n) is 8.32. The number of nitrogens with zero attached hydrogens (tertiary/aromatic N) is 4. The quantitative estimate of drug-likeness (QED) is 0.657. The molecule has 0 aliphatic carbocycles. The van der Waals surface area contributed by atoms with E-state index in [4.69, 9.17) is 9.84 Å². The zero-order valence-electron chi connectivity index (χ0n) is 15.0. The highest BCUT2D eigenvalue weighted by Crippen LogP contribution is 2.24. The number of anilines is 2. The molecule has 2 aromatic heterocycles. The van der Waals surface area contributed by atoms with Crippen molar-refractivity contribution in [1.82, 2.24) is 19.9 Å². The molecule has 3 rings (SSSR count). The van der Waals surface area contributed by atoms with Crippen LogP contribution in [0.4, 0.5) is 11.6 Å². The number of aliphatic carboxylic acids is 1. The lowest BCUT2D eigenvalue weighted by molar-refractivity contribution is -0.136. The Labute approximate surface area is 156 Å². The van der Waals surface area contributed by atoms with Gasteiger partial charge in [-0.05, 0) is 30.7 Å². The molecule has 2 heterocycles. The lowest BCUT2D eigenvalue weighted by Gasteiger charge is -2.10. The Kier molecular flexibility index (Phi) is 5.55. The standard InChI is InChI=1S/C19H19N5O3/c1-12-7-13(16-11-21-14(10-22-16)3-4-18(25)26)9-15(8-12)23-19-20-6-5-17(24-19)27-2/h5-11H,3-4H2,1-2H3,(H,25,26)(H,20,23,24). The molecule has 0 saturated heterocycles. The third-order valence-corrected chi connectivity index (χ3v) is 3.77. The predicted molar refractivity (Wildman–Crippen MR) is 100 cm³/mol.